The average molecular weight is 362 g/mol. The maximum Gasteiger partial charge on any atom is 0.207 e. The Kier molecular flexibility index (Phi) is 4.24. The van der Waals surface area contributed by atoms with Gasteiger partial charge in [-0.05, 0) is 30.5 Å². The summed E-state index contributed by atoms with van der Waals surface area (Å²) in [6, 6.07) is 4.15. The third-order valence-corrected chi connectivity index (χ3v) is 5.14. The molecule has 4 rings (SSSR count). The Morgan fingerprint density at radius 1 is 1.24 bits per heavy atom. The number of rotatable bonds is 6. The van der Waals surface area contributed by atoms with Crippen LogP contribution in [0.2, 0.25) is 0 Å². The van der Waals surface area contributed by atoms with Crippen molar-refractivity contribution < 1.29 is 8.78 Å². The van der Waals surface area contributed by atoms with E-state index in [1.807, 2.05) is 0 Å². The first-order valence-electron chi connectivity index (χ1n) is 8.08. The molecular formula is C16H16F2N6S. The van der Waals surface area contributed by atoms with Gasteiger partial charge in [0.25, 0.3) is 0 Å². The van der Waals surface area contributed by atoms with Gasteiger partial charge in [-0.1, -0.05) is 24.8 Å². The molecular weight excluding hydrogens is 346 g/mol. The van der Waals surface area contributed by atoms with Crippen LogP contribution >= 0.6 is 11.8 Å². The fourth-order valence-corrected chi connectivity index (χ4v) is 3.42. The molecule has 0 aliphatic heterocycles. The molecule has 0 radical (unpaired) electrons. The first kappa shape index (κ1) is 16.2. The summed E-state index contributed by atoms with van der Waals surface area (Å²) >= 11 is 1.57. The molecule has 1 saturated carbocycles. The topological polar surface area (TPSA) is 79.4 Å². The van der Waals surface area contributed by atoms with E-state index in [0.717, 1.165) is 24.2 Å². The number of fused-ring (bicyclic) bond motifs is 1. The molecule has 0 saturated heterocycles. The van der Waals surface area contributed by atoms with E-state index in [4.69, 9.17) is 0 Å². The molecule has 2 aromatic heterocycles. The van der Waals surface area contributed by atoms with Gasteiger partial charge in [0.1, 0.15) is 0 Å². The van der Waals surface area contributed by atoms with E-state index in [0.29, 0.717) is 22.1 Å². The lowest BCUT2D eigenvalue weighted by molar-refractivity contribution is 0.507. The van der Waals surface area contributed by atoms with E-state index >= 15 is 0 Å². The van der Waals surface area contributed by atoms with Gasteiger partial charge in [0, 0.05) is 17.7 Å². The zero-order valence-corrected chi connectivity index (χ0v) is 14.3. The fourth-order valence-electron chi connectivity index (χ4n) is 2.73. The first-order chi connectivity index (χ1) is 12.2. The van der Waals surface area contributed by atoms with E-state index in [-0.39, 0.29) is 12.0 Å². The lowest BCUT2D eigenvalue weighted by Crippen LogP contribution is -2.08. The van der Waals surface area contributed by atoms with Crippen molar-refractivity contribution in [3.05, 3.63) is 35.4 Å². The number of anilines is 1. The molecule has 9 heteroatoms. The van der Waals surface area contributed by atoms with Crippen molar-refractivity contribution in [1.29, 1.82) is 0 Å². The SMILES string of the molecule is CCCSc1nc(NC2CC2c2ccc(F)c(F)c2)c2n[nH]nc2n1. The van der Waals surface area contributed by atoms with Gasteiger partial charge in [0.15, 0.2) is 28.1 Å². The van der Waals surface area contributed by atoms with Gasteiger partial charge in [0.05, 0.1) is 0 Å². The summed E-state index contributed by atoms with van der Waals surface area (Å²) < 4.78 is 26.5. The maximum absolute atomic E-state index is 13.4. The number of H-pyrrole nitrogens is 1. The molecule has 130 valence electrons. The molecule has 6 nitrogen and oxygen atoms in total. The van der Waals surface area contributed by atoms with E-state index in [2.05, 4.69) is 37.6 Å². The minimum atomic E-state index is -0.827. The fraction of sp³-hybridized carbons (Fsp3) is 0.375. The van der Waals surface area contributed by atoms with Crippen LogP contribution in [-0.2, 0) is 0 Å². The third kappa shape index (κ3) is 3.28. The zero-order chi connectivity index (χ0) is 17.4. The number of nitrogens with zero attached hydrogens (tertiary/aromatic N) is 4. The lowest BCUT2D eigenvalue weighted by Gasteiger charge is -2.07. The van der Waals surface area contributed by atoms with Crippen molar-refractivity contribution in [3.8, 4) is 0 Å². The van der Waals surface area contributed by atoms with Crippen LogP contribution in [-0.4, -0.2) is 37.2 Å². The largest absolute Gasteiger partial charge is 0.365 e. The minimum absolute atomic E-state index is 0.101. The van der Waals surface area contributed by atoms with Gasteiger partial charge >= 0.3 is 0 Å². The van der Waals surface area contributed by atoms with Crippen LogP contribution in [0.15, 0.2) is 23.4 Å². The standard InChI is InChI=1S/C16H16F2N6S/c1-2-5-25-16-20-14(13-15(21-16)23-24-22-13)19-12-7-9(12)8-3-4-10(17)11(18)6-8/h3-4,6,9,12H,2,5,7H2,1H3,(H2,19,20,21,22,23,24). The highest BCUT2D eigenvalue weighted by Gasteiger charge is 2.39. The molecule has 2 atom stereocenters. The molecule has 1 aliphatic carbocycles. The van der Waals surface area contributed by atoms with Crippen LogP contribution in [0.3, 0.4) is 0 Å². The van der Waals surface area contributed by atoms with Gasteiger partial charge in [-0.2, -0.15) is 15.3 Å². The number of nitrogens with one attached hydrogen (secondary N) is 2. The summed E-state index contributed by atoms with van der Waals surface area (Å²) in [6.07, 6.45) is 1.85. The molecule has 0 bridgehead atoms. The van der Waals surface area contributed by atoms with Crippen molar-refractivity contribution in [2.24, 2.45) is 0 Å². The van der Waals surface area contributed by atoms with Crippen LogP contribution in [0, 0.1) is 11.6 Å². The van der Waals surface area contributed by atoms with E-state index in [1.165, 1.54) is 12.1 Å². The molecule has 0 spiro atoms. The number of aromatic amines is 1. The van der Waals surface area contributed by atoms with Gasteiger partial charge < -0.3 is 5.32 Å². The highest BCUT2D eigenvalue weighted by Crippen LogP contribution is 2.43. The molecule has 3 aromatic rings. The minimum Gasteiger partial charge on any atom is -0.365 e. The Hall–Kier alpha value is -2.29. The molecule has 2 N–H and O–H groups in total. The van der Waals surface area contributed by atoms with Crippen molar-refractivity contribution >= 4 is 28.7 Å². The first-order valence-corrected chi connectivity index (χ1v) is 9.07. The Morgan fingerprint density at radius 2 is 2.12 bits per heavy atom. The van der Waals surface area contributed by atoms with Gasteiger partial charge in [-0.15, -0.1) is 5.10 Å². The Bertz CT molecular complexity index is 915. The second kappa shape index (κ2) is 6.55. The van der Waals surface area contributed by atoms with Gasteiger partial charge in [0.2, 0.25) is 5.65 Å². The summed E-state index contributed by atoms with van der Waals surface area (Å²) in [5.74, 6) is 0.0177. The van der Waals surface area contributed by atoms with Crippen LogP contribution in [0.4, 0.5) is 14.6 Å². The number of aromatic nitrogens is 5. The lowest BCUT2D eigenvalue weighted by atomic mass is 10.1. The number of benzene rings is 1. The number of hydrogen-bond acceptors (Lipinski definition) is 6. The van der Waals surface area contributed by atoms with Crippen molar-refractivity contribution in [1.82, 2.24) is 25.4 Å². The summed E-state index contributed by atoms with van der Waals surface area (Å²) in [7, 11) is 0. The van der Waals surface area contributed by atoms with Crippen LogP contribution in [0.25, 0.3) is 11.2 Å². The van der Waals surface area contributed by atoms with Crippen LogP contribution in [0.1, 0.15) is 31.2 Å². The van der Waals surface area contributed by atoms with Gasteiger partial charge in [-0.3, -0.25) is 0 Å². The second-order valence-corrected chi connectivity index (χ2v) is 7.03. The summed E-state index contributed by atoms with van der Waals surface area (Å²) in [5.41, 5.74) is 1.88. The molecule has 2 unspecified atom stereocenters. The molecule has 1 aromatic carbocycles. The van der Waals surface area contributed by atoms with Crippen molar-refractivity contribution in [2.45, 2.75) is 36.9 Å². The zero-order valence-electron chi connectivity index (χ0n) is 13.5. The van der Waals surface area contributed by atoms with Crippen LogP contribution in [0.5, 0.6) is 0 Å². The Morgan fingerprint density at radius 3 is 2.92 bits per heavy atom. The molecule has 0 amide bonds. The number of halogens is 2. The van der Waals surface area contributed by atoms with E-state index in [9.17, 15) is 8.78 Å². The molecule has 1 aliphatic rings. The quantitative estimate of drug-likeness (QED) is 0.516. The van der Waals surface area contributed by atoms with Gasteiger partial charge in [-0.25, -0.2) is 13.8 Å². The number of hydrogen-bond donors (Lipinski definition) is 2. The highest BCUT2D eigenvalue weighted by atomic mass is 32.2. The normalized spacial score (nSPS) is 19.3. The summed E-state index contributed by atoms with van der Waals surface area (Å²) in [5, 5.41) is 14.7. The average Bonchev–Trinajstić information content (AvgIpc) is 3.19. The maximum atomic E-state index is 13.4. The van der Waals surface area contributed by atoms with E-state index < -0.39 is 11.6 Å². The third-order valence-electron chi connectivity index (χ3n) is 4.08. The molecule has 2 heterocycles. The van der Waals surface area contributed by atoms with Crippen molar-refractivity contribution in [2.75, 3.05) is 11.1 Å². The second-order valence-electron chi connectivity index (χ2n) is 5.97. The predicted octanol–water partition coefficient (Wildman–Crippen LogP) is 3.50. The van der Waals surface area contributed by atoms with Crippen LogP contribution < -0.4 is 5.32 Å². The summed E-state index contributed by atoms with van der Waals surface area (Å²) in [6.45, 7) is 2.09. The van der Waals surface area contributed by atoms with E-state index in [1.54, 1.807) is 17.8 Å². The smallest absolute Gasteiger partial charge is 0.207 e. The molecule has 1 fully saturated rings. The Balaban J connectivity index is 1.54. The summed E-state index contributed by atoms with van der Waals surface area (Å²) in [4.78, 5) is 8.91. The highest BCUT2D eigenvalue weighted by molar-refractivity contribution is 7.99. The molecule has 25 heavy (non-hydrogen) atoms. The number of thioether (sulfide) groups is 1. The Labute approximate surface area is 146 Å². The van der Waals surface area contributed by atoms with Crippen molar-refractivity contribution in [3.63, 3.8) is 0 Å². The monoisotopic (exact) mass is 362 g/mol. The predicted molar refractivity (Wildman–Crippen MR) is 91.6 cm³/mol.